The molecule has 6 nitrogen and oxygen atoms in total. The molecule has 0 unspecified atom stereocenters. The zero-order chi connectivity index (χ0) is 12.7. The summed E-state index contributed by atoms with van der Waals surface area (Å²) in [6.45, 7) is 2.64. The largest absolute Gasteiger partial charge is 0.370 e. The Morgan fingerprint density at radius 3 is 2.82 bits per heavy atom. The molecular weight excluding hydrogens is 220 g/mol. The third-order valence-corrected chi connectivity index (χ3v) is 2.07. The Balaban J connectivity index is 2.62. The Morgan fingerprint density at radius 2 is 2.18 bits per heavy atom. The summed E-state index contributed by atoms with van der Waals surface area (Å²) in [4.78, 5) is 26.7. The molecule has 17 heavy (non-hydrogen) atoms. The molecule has 0 aromatic carbocycles. The minimum atomic E-state index is -0.296. The van der Waals surface area contributed by atoms with Crippen LogP contribution in [0.3, 0.4) is 0 Å². The molecule has 0 aliphatic carbocycles. The molecule has 0 aliphatic rings. The zero-order valence-corrected chi connectivity index (χ0v) is 9.91. The van der Waals surface area contributed by atoms with Crippen molar-refractivity contribution in [1.29, 1.82) is 0 Å². The maximum Gasteiger partial charge on any atom is 0.251 e. The molecule has 0 atom stereocenters. The van der Waals surface area contributed by atoms with Crippen LogP contribution in [0.15, 0.2) is 18.3 Å². The molecule has 1 aromatic heterocycles. The maximum atomic E-state index is 11.7. The number of likely N-dealkylation sites (N-methyl/N-ethyl adjacent to an activating group) is 1. The van der Waals surface area contributed by atoms with Gasteiger partial charge < -0.3 is 16.0 Å². The molecule has 0 spiro atoms. The van der Waals surface area contributed by atoms with Crippen molar-refractivity contribution in [2.75, 3.05) is 25.5 Å². The Labute approximate surface area is 99.8 Å². The van der Waals surface area contributed by atoms with Crippen LogP contribution in [0.5, 0.6) is 0 Å². The summed E-state index contributed by atoms with van der Waals surface area (Å²) in [5, 5.41) is 7.95. The molecule has 1 aromatic rings. The van der Waals surface area contributed by atoms with Gasteiger partial charge in [-0.2, -0.15) is 0 Å². The van der Waals surface area contributed by atoms with E-state index in [1.165, 1.54) is 7.05 Å². The fraction of sp³-hybridized carbons (Fsp3) is 0.364. The first-order chi connectivity index (χ1) is 8.17. The average molecular weight is 236 g/mol. The van der Waals surface area contributed by atoms with Gasteiger partial charge in [-0.3, -0.25) is 9.59 Å². The predicted molar refractivity (Wildman–Crippen MR) is 64.8 cm³/mol. The summed E-state index contributed by atoms with van der Waals surface area (Å²) in [7, 11) is 1.52. The molecule has 0 radical (unpaired) electrons. The van der Waals surface area contributed by atoms with Gasteiger partial charge in [0.1, 0.15) is 5.82 Å². The number of carbonyl (C=O) groups is 2. The number of aromatic nitrogens is 1. The second-order valence-electron chi connectivity index (χ2n) is 3.32. The van der Waals surface area contributed by atoms with E-state index < -0.39 is 0 Å². The highest BCUT2D eigenvalue weighted by Crippen LogP contribution is 2.06. The van der Waals surface area contributed by atoms with E-state index in [1.807, 2.05) is 6.92 Å². The second-order valence-corrected chi connectivity index (χ2v) is 3.32. The van der Waals surface area contributed by atoms with Crippen LogP contribution in [0.4, 0.5) is 5.82 Å². The summed E-state index contributed by atoms with van der Waals surface area (Å²) in [5.41, 5.74) is 0.472. The molecule has 0 bridgehead atoms. The highest BCUT2D eigenvalue weighted by atomic mass is 16.2. The molecular formula is C11H16N4O2. The van der Waals surface area contributed by atoms with Crippen LogP contribution in [0.2, 0.25) is 0 Å². The lowest BCUT2D eigenvalue weighted by molar-refractivity contribution is -0.119. The molecule has 2 amide bonds. The van der Waals surface area contributed by atoms with Crippen LogP contribution in [0.25, 0.3) is 0 Å². The number of pyridine rings is 1. The smallest absolute Gasteiger partial charge is 0.251 e. The number of amides is 2. The van der Waals surface area contributed by atoms with E-state index in [2.05, 4.69) is 20.9 Å². The summed E-state index contributed by atoms with van der Waals surface area (Å²) < 4.78 is 0. The minimum absolute atomic E-state index is 0.0335. The third kappa shape index (κ3) is 4.10. The monoisotopic (exact) mass is 236 g/mol. The summed E-state index contributed by atoms with van der Waals surface area (Å²) in [6, 6.07) is 3.24. The number of hydrogen-bond acceptors (Lipinski definition) is 4. The number of nitrogens with one attached hydrogen (secondary N) is 3. The van der Waals surface area contributed by atoms with E-state index >= 15 is 0 Å². The number of anilines is 1. The quantitative estimate of drug-likeness (QED) is 0.671. The lowest BCUT2D eigenvalue weighted by atomic mass is 10.2. The van der Waals surface area contributed by atoms with Gasteiger partial charge >= 0.3 is 0 Å². The second kappa shape index (κ2) is 6.47. The van der Waals surface area contributed by atoms with Crippen molar-refractivity contribution in [3.8, 4) is 0 Å². The van der Waals surface area contributed by atoms with E-state index in [9.17, 15) is 9.59 Å². The van der Waals surface area contributed by atoms with Crippen LogP contribution in [-0.4, -0.2) is 36.9 Å². The zero-order valence-electron chi connectivity index (χ0n) is 9.91. The Kier molecular flexibility index (Phi) is 4.93. The number of nitrogens with zero attached hydrogens (tertiary/aromatic N) is 1. The fourth-order valence-electron chi connectivity index (χ4n) is 1.20. The van der Waals surface area contributed by atoms with Crippen molar-refractivity contribution in [3.63, 3.8) is 0 Å². The standard InChI is InChI=1S/C11H16N4O2/c1-3-13-9-6-8(4-5-14-9)11(17)15-7-10(16)12-2/h4-6H,3,7H2,1-2H3,(H,12,16)(H,13,14)(H,15,17). The van der Waals surface area contributed by atoms with Crippen LogP contribution in [-0.2, 0) is 4.79 Å². The highest BCUT2D eigenvalue weighted by molar-refractivity contribution is 5.96. The van der Waals surface area contributed by atoms with Gasteiger partial charge in [0.15, 0.2) is 0 Å². The fourth-order valence-corrected chi connectivity index (χ4v) is 1.20. The van der Waals surface area contributed by atoms with Gasteiger partial charge in [-0.15, -0.1) is 0 Å². The van der Waals surface area contributed by atoms with Gasteiger partial charge in [-0.25, -0.2) is 4.98 Å². The van der Waals surface area contributed by atoms with E-state index in [0.717, 1.165) is 6.54 Å². The van der Waals surface area contributed by atoms with Crippen molar-refractivity contribution in [2.45, 2.75) is 6.92 Å². The van der Waals surface area contributed by atoms with Gasteiger partial charge in [-0.05, 0) is 19.1 Å². The predicted octanol–water partition coefficient (Wildman–Crippen LogP) is -0.0108. The number of hydrogen-bond donors (Lipinski definition) is 3. The average Bonchev–Trinajstić information content (AvgIpc) is 2.36. The van der Waals surface area contributed by atoms with Gasteiger partial charge in [0.25, 0.3) is 5.91 Å². The van der Waals surface area contributed by atoms with E-state index in [1.54, 1.807) is 18.3 Å². The van der Waals surface area contributed by atoms with E-state index in [4.69, 9.17) is 0 Å². The summed E-state index contributed by atoms with van der Waals surface area (Å²) >= 11 is 0. The normalized spacial score (nSPS) is 9.53. The summed E-state index contributed by atoms with van der Waals surface area (Å²) in [5.74, 6) is 0.106. The number of rotatable bonds is 5. The maximum absolute atomic E-state index is 11.7. The molecule has 0 aliphatic heterocycles. The van der Waals surface area contributed by atoms with Crippen molar-refractivity contribution in [1.82, 2.24) is 15.6 Å². The van der Waals surface area contributed by atoms with Crippen molar-refractivity contribution in [3.05, 3.63) is 23.9 Å². The molecule has 0 saturated heterocycles. The first-order valence-electron chi connectivity index (χ1n) is 5.36. The Morgan fingerprint density at radius 1 is 1.41 bits per heavy atom. The first-order valence-corrected chi connectivity index (χ1v) is 5.36. The van der Waals surface area contributed by atoms with Crippen molar-refractivity contribution >= 4 is 17.6 Å². The molecule has 92 valence electrons. The highest BCUT2D eigenvalue weighted by Gasteiger charge is 2.07. The van der Waals surface area contributed by atoms with Gasteiger partial charge in [-0.1, -0.05) is 0 Å². The first kappa shape index (κ1) is 13.0. The van der Waals surface area contributed by atoms with E-state index in [0.29, 0.717) is 11.4 Å². The third-order valence-electron chi connectivity index (χ3n) is 2.07. The van der Waals surface area contributed by atoms with E-state index in [-0.39, 0.29) is 18.4 Å². The lowest BCUT2D eigenvalue weighted by Crippen LogP contribution is -2.35. The molecule has 6 heteroatoms. The minimum Gasteiger partial charge on any atom is -0.370 e. The van der Waals surface area contributed by atoms with Crippen LogP contribution >= 0.6 is 0 Å². The number of carbonyl (C=O) groups excluding carboxylic acids is 2. The van der Waals surface area contributed by atoms with Gasteiger partial charge in [0.05, 0.1) is 6.54 Å². The van der Waals surface area contributed by atoms with Gasteiger partial charge in [0.2, 0.25) is 5.91 Å². The molecule has 1 heterocycles. The molecule has 1 rings (SSSR count). The lowest BCUT2D eigenvalue weighted by Gasteiger charge is -2.06. The Bertz CT molecular complexity index is 406. The Hall–Kier alpha value is -2.11. The topological polar surface area (TPSA) is 83.1 Å². The summed E-state index contributed by atoms with van der Waals surface area (Å²) in [6.07, 6.45) is 1.55. The molecule has 0 fully saturated rings. The van der Waals surface area contributed by atoms with Gasteiger partial charge in [0, 0.05) is 25.4 Å². The molecule has 0 saturated carbocycles. The molecule has 3 N–H and O–H groups in total. The van der Waals surface area contributed by atoms with Crippen molar-refractivity contribution < 1.29 is 9.59 Å². The van der Waals surface area contributed by atoms with Crippen LogP contribution in [0, 0.1) is 0 Å². The SMILES string of the molecule is CCNc1cc(C(=O)NCC(=O)NC)ccn1. The van der Waals surface area contributed by atoms with Crippen molar-refractivity contribution in [2.24, 2.45) is 0 Å². The van der Waals surface area contributed by atoms with Crippen LogP contribution in [0.1, 0.15) is 17.3 Å². The van der Waals surface area contributed by atoms with Crippen LogP contribution < -0.4 is 16.0 Å².